The summed E-state index contributed by atoms with van der Waals surface area (Å²) in [5.74, 6) is 1.15. The Morgan fingerprint density at radius 2 is 2.12 bits per heavy atom. The Labute approximate surface area is 98.4 Å². The lowest BCUT2D eigenvalue weighted by Crippen LogP contribution is -2.48. The molecule has 0 bridgehead atoms. The van der Waals surface area contributed by atoms with E-state index < -0.39 is 0 Å². The average Bonchev–Trinajstić information content (AvgIpc) is 2.74. The van der Waals surface area contributed by atoms with E-state index in [4.69, 9.17) is 0 Å². The summed E-state index contributed by atoms with van der Waals surface area (Å²) in [6.45, 7) is 3.10. The first kappa shape index (κ1) is 11.9. The van der Waals surface area contributed by atoms with Crippen molar-refractivity contribution in [3.05, 3.63) is 0 Å². The maximum absolute atomic E-state index is 11.0. The molecule has 2 atom stereocenters. The summed E-state index contributed by atoms with van der Waals surface area (Å²) < 4.78 is 0. The van der Waals surface area contributed by atoms with Crippen molar-refractivity contribution in [2.75, 3.05) is 6.54 Å². The van der Waals surface area contributed by atoms with Crippen LogP contribution in [-0.2, 0) is 4.79 Å². The Morgan fingerprint density at radius 1 is 1.38 bits per heavy atom. The fourth-order valence-electron chi connectivity index (χ4n) is 3.09. The topological polar surface area (TPSA) is 41.1 Å². The van der Waals surface area contributed by atoms with Gasteiger partial charge in [0.25, 0.3) is 0 Å². The molecule has 2 unspecified atom stereocenters. The van der Waals surface area contributed by atoms with Gasteiger partial charge in [0.2, 0.25) is 5.91 Å². The van der Waals surface area contributed by atoms with Crippen LogP contribution in [0.3, 0.4) is 0 Å². The van der Waals surface area contributed by atoms with Crippen molar-refractivity contribution in [2.24, 2.45) is 5.92 Å². The van der Waals surface area contributed by atoms with Crippen LogP contribution >= 0.6 is 0 Å². The molecule has 2 N–H and O–H groups in total. The van der Waals surface area contributed by atoms with Gasteiger partial charge in [-0.05, 0) is 25.7 Å². The van der Waals surface area contributed by atoms with Crippen LogP contribution in [0.25, 0.3) is 0 Å². The highest BCUT2D eigenvalue weighted by Crippen LogP contribution is 2.28. The number of nitrogens with one attached hydrogen (secondary N) is 2. The molecule has 0 spiro atoms. The highest BCUT2D eigenvalue weighted by atomic mass is 16.1. The van der Waals surface area contributed by atoms with Gasteiger partial charge in [0, 0.05) is 25.0 Å². The molecule has 92 valence electrons. The van der Waals surface area contributed by atoms with Crippen LogP contribution in [0.4, 0.5) is 0 Å². The van der Waals surface area contributed by atoms with Gasteiger partial charge in [0.1, 0.15) is 0 Å². The van der Waals surface area contributed by atoms with E-state index in [1.807, 2.05) is 0 Å². The zero-order chi connectivity index (χ0) is 11.4. The zero-order valence-corrected chi connectivity index (χ0v) is 10.3. The van der Waals surface area contributed by atoms with Crippen molar-refractivity contribution < 1.29 is 4.79 Å². The lowest BCUT2D eigenvalue weighted by molar-refractivity contribution is -0.122. The molecule has 1 heterocycles. The molecule has 2 rings (SSSR count). The predicted octanol–water partition coefficient (Wildman–Crippen LogP) is 1.82. The largest absolute Gasteiger partial charge is 0.355 e. The Kier molecular flexibility index (Phi) is 4.22. The summed E-state index contributed by atoms with van der Waals surface area (Å²) in [7, 11) is 0. The van der Waals surface area contributed by atoms with Crippen molar-refractivity contribution in [3.63, 3.8) is 0 Å². The molecule has 3 heteroatoms. The van der Waals surface area contributed by atoms with Crippen LogP contribution in [0.15, 0.2) is 0 Å². The molecule has 0 aromatic heterocycles. The summed E-state index contributed by atoms with van der Waals surface area (Å²) in [4.78, 5) is 11.0. The van der Waals surface area contributed by atoms with Crippen LogP contribution in [0.1, 0.15) is 51.9 Å². The lowest BCUT2D eigenvalue weighted by atomic mass is 9.98. The van der Waals surface area contributed by atoms with Crippen LogP contribution in [0.2, 0.25) is 0 Å². The first-order chi connectivity index (χ1) is 7.74. The van der Waals surface area contributed by atoms with Gasteiger partial charge in [-0.25, -0.2) is 0 Å². The highest BCUT2D eigenvalue weighted by Gasteiger charge is 2.22. The van der Waals surface area contributed by atoms with Gasteiger partial charge in [0.05, 0.1) is 0 Å². The van der Waals surface area contributed by atoms with E-state index in [2.05, 4.69) is 17.6 Å². The van der Waals surface area contributed by atoms with Crippen molar-refractivity contribution in [3.8, 4) is 0 Å². The summed E-state index contributed by atoms with van der Waals surface area (Å²) >= 11 is 0. The third-order valence-electron chi connectivity index (χ3n) is 3.95. The maximum atomic E-state index is 11.0. The molecule has 0 aromatic carbocycles. The van der Waals surface area contributed by atoms with Gasteiger partial charge in [-0.3, -0.25) is 4.79 Å². The molecule has 1 saturated heterocycles. The van der Waals surface area contributed by atoms with Gasteiger partial charge < -0.3 is 10.6 Å². The van der Waals surface area contributed by atoms with Gasteiger partial charge >= 0.3 is 0 Å². The minimum absolute atomic E-state index is 0.210. The predicted molar refractivity (Wildman–Crippen MR) is 65.2 cm³/mol. The molecule has 1 amide bonds. The summed E-state index contributed by atoms with van der Waals surface area (Å²) in [6.07, 6.45) is 8.70. The minimum atomic E-state index is 0.210. The van der Waals surface area contributed by atoms with E-state index in [0.717, 1.165) is 18.9 Å². The lowest BCUT2D eigenvalue weighted by Gasteiger charge is -2.28. The molecule has 16 heavy (non-hydrogen) atoms. The van der Waals surface area contributed by atoms with E-state index >= 15 is 0 Å². The number of hydrogen-bond donors (Lipinski definition) is 2. The zero-order valence-electron chi connectivity index (χ0n) is 10.3. The second-order valence-corrected chi connectivity index (χ2v) is 5.49. The fraction of sp³-hybridized carbons (Fsp3) is 0.923. The van der Waals surface area contributed by atoms with Gasteiger partial charge in [-0.15, -0.1) is 0 Å². The SMILES string of the molecule is CC(CC1CCCC1)NC1CCC(=O)NC1. The second-order valence-electron chi connectivity index (χ2n) is 5.49. The summed E-state index contributed by atoms with van der Waals surface area (Å²) in [5.41, 5.74) is 0. The van der Waals surface area contributed by atoms with Crippen LogP contribution in [0.5, 0.6) is 0 Å². The van der Waals surface area contributed by atoms with E-state index in [0.29, 0.717) is 18.5 Å². The number of amides is 1. The Bertz CT molecular complexity index is 226. The van der Waals surface area contributed by atoms with E-state index in [-0.39, 0.29) is 5.91 Å². The minimum Gasteiger partial charge on any atom is -0.355 e. The number of rotatable bonds is 4. The Balaban J connectivity index is 1.66. The molecule has 2 aliphatic rings. The van der Waals surface area contributed by atoms with Gasteiger partial charge in [-0.2, -0.15) is 0 Å². The number of hydrogen-bond acceptors (Lipinski definition) is 2. The third-order valence-corrected chi connectivity index (χ3v) is 3.95. The standard InChI is InChI=1S/C13H24N2O/c1-10(8-11-4-2-3-5-11)15-12-6-7-13(16)14-9-12/h10-12,15H,2-9H2,1H3,(H,14,16). The van der Waals surface area contributed by atoms with Gasteiger partial charge in [0.15, 0.2) is 0 Å². The molecular weight excluding hydrogens is 200 g/mol. The molecule has 1 aliphatic heterocycles. The van der Waals surface area contributed by atoms with Crippen LogP contribution in [-0.4, -0.2) is 24.5 Å². The third kappa shape index (κ3) is 3.48. The molecule has 2 fully saturated rings. The van der Waals surface area contributed by atoms with Crippen molar-refractivity contribution >= 4 is 5.91 Å². The number of carbonyl (C=O) groups excluding carboxylic acids is 1. The quantitative estimate of drug-likeness (QED) is 0.765. The highest BCUT2D eigenvalue weighted by molar-refractivity contribution is 5.76. The molecule has 0 aromatic rings. The number of carbonyl (C=O) groups is 1. The van der Waals surface area contributed by atoms with E-state index in [1.165, 1.54) is 32.1 Å². The van der Waals surface area contributed by atoms with E-state index in [9.17, 15) is 4.79 Å². The second kappa shape index (κ2) is 5.67. The Hall–Kier alpha value is -0.570. The van der Waals surface area contributed by atoms with Crippen molar-refractivity contribution in [1.29, 1.82) is 0 Å². The number of piperidine rings is 1. The smallest absolute Gasteiger partial charge is 0.220 e. The van der Waals surface area contributed by atoms with Crippen molar-refractivity contribution in [1.82, 2.24) is 10.6 Å². The monoisotopic (exact) mass is 224 g/mol. The molecular formula is C13H24N2O. The molecule has 3 nitrogen and oxygen atoms in total. The normalized spacial score (nSPS) is 29.1. The van der Waals surface area contributed by atoms with Crippen molar-refractivity contribution in [2.45, 2.75) is 64.0 Å². The fourth-order valence-corrected chi connectivity index (χ4v) is 3.09. The first-order valence-electron chi connectivity index (χ1n) is 6.77. The molecule has 0 radical (unpaired) electrons. The molecule has 1 saturated carbocycles. The summed E-state index contributed by atoms with van der Waals surface area (Å²) in [5, 5.41) is 6.58. The summed E-state index contributed by atoms with van der Waals surface area (Å²) in [6, 6.07) is 1.09. The van der Waals surface area contributed by atoms with Gasteiger partial charge in [-0.1, -0.05) is 25.7 Å². The van der Waals surface area contributed by atoms with Crippen LogP contribution in [0, 0.1) is 5.92 Å². The average molecular weight is 224 g/mol. The van der Waals surface area contributed by atoms with Crippen LogP contribution < -0.4 is 10.6 Å². The molecule has 1 aliphatic carbocycles. The van der Waals surface area contributed by atoms with E-state index in [1.54, 1.807) is 0 Å². The first-order valence-corrected chi connectivity index (χ1v) is 6.77. The Morgan fingerprint density at radius 3 is 2.75 bits per heavy atom. The maximum Gasteiger partial charge on any atom is 0.220 e.